The number of nitrogens with zero attached hydrogens (tertiary/aromatic N) is 3. The molecule has 0 bridgehead atoms. The van der Waals surface area contributed by atoms with Crippen molar-refractivity contribution in [2.45, 2.75) is 13.0 Å². The molecule has 2 aromatic carbocycles. The van der Waals surface area contributed by atoms with Gasteiger partial charge in [-0.3, -0.25) is 14.9 Å². The minimum atomic E-state index is -0.917. The maximum Gasteiger partial charge on any atom is 0.269 e. The number of amides is 1. The van der Waals surface area contributed by atoms with E-state index >= 15 is 0 Å². The number of hydrogen-bond donors (Lipinski definition) is 2. The largest absolute Gasteiger partial charge is 0.368 e. The van der Waals surface area contributed by atoms with Crippen molar-refractivity contribution in [3.05, 3.63) is 81.8 Å². The number of anilines is 1. The quantitative estimate of drug-likeness (QED) is 0.499. The Hall–Kier alpha value is -3.88. The molecule has 9 heteroatoms. The third-order valence-corrected chi connectivity index (χ3v) is 3.97. The van der Waals surface area contributed by atoms with Crippen molar-refractivity contribution in [3.63, 3.8) is 0 Å². The molecule has 8 nitrogen and oxygen atoms in total. The zero-order valence-corrected chi connectivity index (χ0v) is 14.8. The van der Waals surface area contributed by atoms with Gasteiger partial charge in [0.25, 0.3) is 5.69 Å². The number of carbonyl (C=O) groups is 1. The summed E-state index contributed by atoms with van der Waals surface area (Å²) in [6.45, 7) is 1.75. The van der Waals surface area contributed by atoms with Gasteiger partial charge in [-0.15, -0.1) is 0 Å². The normalized spacial score (nSPS) is 11.6. The van der Waals surface area contributed by atoms with Crippen LogP contribution in [0.3, 0.4) is 0 Å². The van der Waals surface area contributed by atoms with Crippen LogP contribution in [0.4, 0.5) is 15.9 Å². The van der Waals surface area contributed by atoms with Gasteiger partial charge < -0.3 is 11.1 Å². The molecule has 1 unspecified atom stereocenters. The van der Waals surface area contributed by atoms with Gasteiger partial charge in [0, 0.05) is 29.5 Å². The first-order valence-corrected chi connectivity index (χ1v) is 8.25. The van der Waals surface area contributed by atoms with Crippen LogP contribution in [-0.2, 0) is 4.79 Å². The molecule has 0 radical (unpaired) electrons. The molecular formula is C19H16FN5O3. The predicted octanol–water partition coefficient (Wildman–Crippen LogP) is 3.14. The Kier molecular flexibility index (Phi) is 5.25. The molecular weight excluding hydrogens is 365 g/mol. The fraction of sp³-hybridized carbons (Fsp3) is 0.105. The number of nitrogens with one attached hydrogen (secondary N) is 1. The van der Waals surface area contributed by atoms with Crippen molar-refractivity contribution in [3.8, 4) is 11.4 Å². The minimum absolute atomic E-state index is 0.0418. The Balaban J connectivity index is 1.92. The van der Waals surface area contributed by atoms with Crippen LogP contribution in [0.25, 0.3) is 11.4 Å². The van der Waals surface area contributed by atoms with Crippen molar-refractivity contribution in [1.82, 2.24) is 9.97 Å². The number of primary amides is 1. The first-order chi connectivity index (χ1) is 13.3. The Morgan fingerprint density at radius 1 is 1.14 bits per heavy atom. The average Bonchev–Trinajstić information content (AvgIpc) is 2.66. The highest BCUT2D eigenvalue weighted by molar-refractivity contribution is 5.84. The second kappa shape index (κ2) is 7.78. The van der Waals surface area contributed by atoms with Crippen molar-refractivity contribution in [2.24, 2.45) is 5.73 Å². The Morgan fingerprint density at radius 2 is 1.79 bits per heavy atom. The van der Waals surface area contributed by atoms with Crippen LogP contribution in [0.5, 0.6) is 0 Å². The molecule has 3 aromatic rings. The van der Waals surface area contributed by atoms with Gasteiger partial charge in [0.2, 0.25) is 5.91 Å². The summed E-state index contributed by atoms with van der Waals surface area (Å²) < 4.78 is 13.2. The average molecular weight is 381 g/mol. The molecule has 1 atom stereocenters. The molecule has 0 saturated heterocycles. The maximum absolute atomic E-state index is 13.2. The SMILES string of the molecule is Cc1cc(NC(C(N)=O)c2ccc(F)cc2)nc(-c2ccc([N+](=O)[O-])cc2)n1. The number of benzene rings is 2. The predicted molar refractivity (Wildman–Crippen MR) is 101 cm³/mol. The zero-order valence-electron chi connectivity index (χ0n) is 14.8. The highest BCUT2D eigenvalue weighted by Gasteiger charge is 2.19. The summed E-state index contributed by atoms with van der Waals surface area (Å²) in [4.78, 5) is 30.9. The number of nitro benzene ring substituents is 1. The summed E-state index contributed by atoms with van der Waals surface area (Å²) in [6, 6.07) is 11.9. The summed E-state index contributed by atoms with van der Waals surface area (Å²) in [5.41, 5.74) is 7.13. The van der Waals surface area contributed by atoms with Gasteiger partial charge in [-0.2, -0.15) is 0 Å². The van der Waals surface area contributed by atoms with Gasteiger partial charge in [-0.25, -0.2) is 14.4 Å². The van der Waals surface area contributed by atoms with Gasteiger partial charge in [-0.05, 0) is 36.8 Å². The Bertz CT molecular complexity index is 1020. The molecule has 3 N–H and O–H groups in total. The van der Waals surface area contributed by atoms with Crippen LogP contribution in [0.1, 0.15) is 17.3 Å². The van der Waals surface area contributed by atoms with E-state index in [0.717, 1.165) is 0 Å². The summed E-state index contributed by atoms with van der Waals surface area (Å²) >= 11 is 0. The van der Waals surface area contributed by atoms with Crippen LogP contribution >= 0.6 is 0 Å². The maximum atomic E-state index is 13.2. The molecule has 1 heterocycles. The van der Waals surface area contributed by atoms with Crippen LogP contribution < -0.4 is 11.1 Å². The van der Waals surface area contributed by atoms with Crippen molar-refractivity contribution < 1.29 is 14.1 Å². The number of carbonyl (C=O) groups excluding carboxylic acids is 1. The molecule has 0 saturated carbocycles. The third kappa shape index (κ3) is 4.26. The van der Waals surface area contributed by atoms with Crippen LogP contribution in [0.2, 0.25) is 0 Å². The molecule has 28 heavy (non-hydrogen) atoms. The smallest absolute Gasteiger partial charge is 0.269 e. The number of nitro groups is 1. The second-order valence-corrected chi connectivity index (χ2v) is 6.05. The van der Waals surface area contributed by atoms with E-state index in [4.69, 9.17) is 5.73 Å². The van der Waals surface area contributed by atoms with Gasteiger partial charge in [0.1, 0.15) is 17.7 Å². The second-order valence-electron chi connectivity index (χ2n) is 6.05. The van der Waals surface area contributed by atoms with Gasteiger partial charge in [0.05, 0.1) is 4.92 Å². The van der Waals surface area contributed by atoms with Gasteiger partial charge in [-0.1, -0.05) is 12.1 Å². The summed E-state index contributed by atoms with van der Waals surface area (Å²) in [7, 11) is 0. The zero-order chi connectivity index (χ0) is 20.3. The van der Waals surface area contributed by atoms with Crippen molar-refractivity contribution in [2.75, 3.05) is 5.32 Å². The lowest BCUT2D eigenvalue weighted by Crippen LogP contribution is -2.28. The summed E-state index contributed by atoms with van der Waals surface area (Å²) in [6.07, 6.45) is 0. The fourth-order valence-corrected chi connectivity index (χ4v) is 2.63. The van der Waals surface area contributed by atoms with E-state index in [0.29, 0.717) is 28.5 Å². The fourth-order valence-electron chi connectivity index (χ4n) is 2.63. The van der Waals surface area contributed by atoms with E-state index in [9.17, 15) is 19.3 Å². The van der Waals surface area contributed by atoms with Crippen molar-refractivity contribution >= 4 is 17.4 Å². The first kappa shape index (κ1) is 18.9. The van der Waals surface area contributed by atoms with E-state index in [2.05, 4.69) is 15.3 Å². The van der Waals surface area contributed by atoms with E-state index < -0.39 is 22.7 Å². The lowest BCUT2D eigenvalue weighted by Gasteiger charge is -2.17. The van der Waals surface area contributed by atoms with Gasteiger partial charge in [0.15, 0.2) is 5.82 Å². The van der Waals surface area contributed by atoms with E-state index in [1.54, 1.807) is 25.1 Å². The number of halogens is 1. The highest BCUT2D eigenvalue weighted by Crippen LogP contribution is 2.24. The number of aryl methyl sites for hydroxylation is 1. The van der Waals surface area contributed by atoms with Crippen LogP contribution in [-0.4, -0.2) is 20.8 Å². The molecule has 1 amide bonds. The number of nitrogens with two attached hydrogens (primary N) is 1. The summed E-state index contributed by atoms with van der Waals surface area (Å²) in [5.74, 6) is -0.404. The molecule has 0 aliphatic rings. The first-order valence-electron chi connectivity index (χ1n) is 8.25. The highest BCUT2D eigenvalue weighted by atomic mass is 19.1. The lowest BCUT2D eigenvalue weighted by molar-refractivity contribution is -0.384. The van der Waals surface area contributed by atoms with E-state index in [1.165, 1.54) is 36.4 Å². The number of aromatic nitrogens is 2. The van der Waals surface area contributed by atoms with Gasteiger partial charge >= 0.3 is 0 Å². The standard InChI is InChI=1S/C19H16FN5O3/c1-11-10-16(23-17(18(21)26)12-2-6-14(20)7-3-12)24-19(22-11)13-4-8-15(9-5-13)25(27)28/h2-10,17H,1H3,(H2,21,26)(H,22,23,24). The summed E-state index contributed by atoms with van der Waals surface area (Å²) in [5, 5.41) is 13.7. The van der Waals surface area contributed by atoms with Crippen molar-refractivity contribution in [1.29, 1.82) is 0 Å². The number of hydrogen-bond acceptors (Lipinski definition) is 6. The topological polar surface area (TPSA) is 124 Å². The molecule has 0 spiro atoms. The monoisotopic (exact) mass is 381 g/mol. The third-order valence-electron chi connectivity index (χ3n) is 3.97. The molecule has 0 aliphatic heterocycles. The van der Waals surface area contributed by atoms with Crippen LogP contribution in [0.15, 0.2) is 54.6 Å². The number of rotatable bonds is 6. The molecule has 142 valence electrons. The molecule has 1 aromatic heterocycles. The molecule has 0 aliphatic carbocycles. The van der Waals surface area contributed by atoms with Crippen LogP contribution in [0, 0.1) is 22.9 Å². The molecule has 0 fully saturated rings. The minimum Gasteiger partial charge on any atom is -0.368 e. The molecule has 3 rings (SSSR count). The number of non-ortho nitro benzene ring substituents is 1. The van der Waals surface area contributed by atoms with E-state index in [-0.39, 0.29) is 5.69 Å². The Labute approximate surface area is 159 Å². The lowest BCUT2D eigenvalue weighted by atomic mass is 10.1. The Morgan fingerprint density at radius 3 is 2.36 bits per heavy atom. The van der Waals surface area contributed by atoms with E-state index in [1.807, 2.05) is 0 Å².